The van der Waals surface area contributed by atoms with E-state index in [9.17, 15) is 9.90 Å². The molecule has 1 amide bonds. The van der Waals surface area contributed by atoms with Gasteiger partial charge >= 0.3 is 0 Å². The number of aliphatic hydroxyl groups excluding tert-OH is 1. The fourth-order valence-electron chi connectivity index (χ4n) is 1.09. The molecule has 14 heavy (non-hydrogen) atoms. The number of para-hydroxylation sites is 1. The Kier molecular flexibility index (Phi) is 6.01. The van der Waals surface area contributed by atoms with Crippen molar-refractivity contribution in [3.8, 4) is 0 Å². The maximum Gasteiger partial charge on any atom is 0.0592 e. The molecule has 0 aliphatic rings. The number of carbonyl (C=O) groups is 1. The van der Waals surface area contributed by atoms with Gasteiger partial charge in [-0.1, -0.05) is 18.2 Å². The van der Waals surface area contributed by atoms with E-state index in [0.717, 1.165) is 4.90 Å². The number of anilines is 1. The third kappa shape index (κ3) is 3.41. The van der Waals surface area contributed by atoms with Gasteiger partial charge in [0.05, 0.1) is 5.91 Å². The number of hydrogen-bond acceptors (Lipinski definition) is 2. The summed E-state index contributed by atoms with van der Waals surface area (Å²) in [5.74, 6) is -0.453. The molecule has 1 aromatic carbocycles. The molecule has 0 saturated heterocycles. The van der Waals surface area contributed by atoms with Crippen molar-refractivity contribution in [2.45, 2.75) is 6.92 Å². The van der Waals surface area contributed by atoms with Gasteiger partial charge < -0.3 is 21.7 Å². The number of rotatable bonds is 2. The molecule has 0 bridgehead atoms. The van der Waals surface area contributed by atoms with Crippen molar-refractivity contribution in [2.24, 2.45) is 0 Å². The minimum atomic E-state index is -0.453. The summed E-state index contributed by atoms with van der Waals surface area (Å²) in [5.41, 5.74) is 0.613. The van der Waals surface area contributed by atoms with Crippen LogP contribution in [-0.2, 0) is 37.5 Å². The third-order valence-corrected chi connectivity index (χ3v) is 1.59. The largest absolute Gasteiger partial charge is 0.542 e. The number of carbonyl (C=O) groups excluding carboxylic acids is 1. The smallest absolute Gasteiger partial charge is 0.0592 e. The second-order valence-corrected chi connectivity index (χ2v) is 2.61. The Morgan fingerprint density at radius 2 is 1.93 bits per heavy atom. The van der Waals surface area contributed by atoms with E-state index < -0.39 is 5.91 Å². The van der Waals surface area contributed by atoms with Crippen LogP contribution in [0.5, 0.6) is 0 Å². The number of nitrogens with zero attached hydrogens (tertiary/aromatic N) is 1. The van der Waals surface area contributed by atoms with Crippen molar-refractivity contribution < 1.29 is 42.6 Å². The van der Waals surface area contributed by atoms with E-state index in [2.05, 4.69) is 6.92 Å². The van der Waals surface area contributed by atoms with Gasteiger partial charge in [-0.3, -0.25) is 0 Å². The molecule has 0 aromatic heterocycles. The molecular formula is C10H11NO2Y-2. The van der Waals surface area contributed by atoms with Crippen LogP contribution in [0.4, 0.5) is 5.69 Å². The van der Waals surface area contributed by atoms with Gasteiger partial charge in [-0.05, 0) is 12.1 Å². The number of amides is 1. The van der Waals surface area contributed by atoms with Crippen molar-refractivity contribution in [3.05, 3.63) is 43.5 Å². The zero-order valence-corrected chi connectivity index (χ0v) is 10.8. The van der Waals surface area contributed by atoms with Crippen LogP contribution in [0, 0.1) is 13.2 Å². The summed E-state index contributed by atoms with van der Waals surface area (Å²) in [6.45, 7) is 4.68. The van der Waals surface area contributed by atoms with E-state index in [0.29, 0.717) is 5.69 Å². The minimum Gasteiger partial charge on any atom is -0.542 e. The van der Waals surface area contributed by atoms with Crippen LogP contribution in [0.2, 0.25) is 0 Å². The van der Waals surface area contributed by atoms with Gasteiger partial charge in [0.15, 0.2) is 0 Å². The molecule has 1 aromatic rings. The first-order valence-corrected chi connectivity index (χ1v) is 3.86. The zero-order chi connectivity index (χ0) is 9.84. The summed E-state index contributed by atoms with van der Waals surface area (Å²) in [7, 11) is 0. The van der Waals surface area contributed by atoms with Crippen LogP contribution in [-0.4, -0.2) is 11.0 Å². The summed E-state index contributed by atoms with van der Waals surface area (Å²) in [4.78, 5) is 12.2. The quantitative estimate of drug-likeness (QED) is 0.828. The number of benzene rings is 1. The molecule has 0 heterocycles. The van der Waals surface area contributed by atoms with Gasteiger partial charge in [-0.15, -0.1) is 13.2 Å². The van der Waals surface area contributed by atoms with E-state index in [1.54, 1.807) is 24.3 Å². The molecule has 0 unspecified atom stereocenters. The van der Waals surface area contributed by atoms with Gasteiger partial charge in [0, 0.05) is 38.4 Å². The molecule has 0 spiro atoms. The second-order valence-electron chi connectivity index (χ2n) is 2.61. The summed E-state index contributed by atoms with van der Waals surface area (Å²) in [5, 5.41) is 9.22. The zero-order valence-electron chi connectivity index (χ0n) is 7.97. The molecule has 73 valence electrons. The summed E-state index contributed by atoms with van der Waals surface area (Å²) >= 11 is 0. The molecule has 1 radical (unpaired) electrons. The van der Waals surface area contributed by atoms with Gasteiger partial charge in [0.2, 0.25) is 0 Å². The first-order valence-electron chi connectivity index (χ1n) is 3.86. The maximum absolute atomic E-state index is 11.0. The van der Waals surface area contributed by atoms with E-state index in [4.69, 9.17) is 0 Å². The Hall–Kier alpha value is -0.376. The third-order valence-electron chi connectivity index (χ3n) is 1.59. The van der Waals surface area contributed by atoms with E-state index in [1.807, 2.05) is 6.07 Å². The molecule has 0 atom stereocenters. The van der Waals surface area contributed by atoms with E-state index in [1.165, 1.54) is 6.92 Å². The van der Waals surface area contributed by atoms with Crippen molar-refractivity contribution in [3.63, 3.8) is 0 Å². The van der Waals surface area contributed by atoms with Crippen LogP contribution in [0.1, 0.15) is 6.92 Å². The average molecular weight is 266 g/mol. The fourth-order valence-corrected chi connectivity index (χ4v) is 1.09. The molecule has 0 saturated carbocycles. The average Bonchev–Trinajstić information content (AvgIpc) is 2.04. The summed E-state index contributed by atoms with van der Waals surface area (Å²) in [6, 6.07) is 8.86. The van der Waals surface area contributed by atoms with Crippen molar-refractivity contribution in [2.75, 3.05) is 4.90 Å². The van der Waals surface area contributed by atoms with Gasteiger partial charge in [-0.25, -0.2) is 0 Å². The molecule has 0 aliphatic carbocycles. The Labute approximate surface area is 109 Å². The second kappa shape index (κ2) is 6.17. The summed E-state index contributed by atoms with van der Waals surface area (Å²) < 4.78 is 0. The first-order chi connectivity index (χ1) is 6.13. The fraction of sp³-hybridized carbons (Fsp3) is 0.100. The standard InChI is InChI=1S/C10H11NO2.Y/c1-8(12)11(9(2)13)10-6-4-3-5-7-10;/h3-7,13H,1H2,2H3;/q-2;. The summed E-state index contributed by atoms with van der Waals surface area (Å²) in [6.07, 6.45) is -0.0776. The maximum atomic E-state index is 11.0. The normalized spacial score (nSPS) is 9.36. The molecule has 4 heteroatoms. The van der Waals surface area contributed by atoms with Crippen LogP contribution in [0.15, 0.2) is 30.3 Å². The topological polar surface area (TPSA) is 40.5 Å². The van der Waals surface area contributed by atoms with Crippen molar-refractivity contribution in [1.29, 1.82) is 0 Å². The molecule has 0 fully saturated rings. The Bertz CT molecular complexity index is 287. The van der Waals surface area contributed by atoms with Crippen LogP contribution >= 0.6 is 0 Å². The van der Waals surface area contributed by atoms with Crippen LogP contribution in [0.25, 0.3) is 0 Å². The molecule has 1 N–H and O–H groups in total. The van der Waals surface area contributed by atoms with Crippen molar-refractivity contribution in [1.82, 2.24) is 0 Å². The molecule has 0 aliphatic heterocycles. The predicted octanol–water partition coefficient (Wildman–Crippen LogP) is 1.73. The monoisotopic (exact) mass is 266 g/mol. The van der Waals surface area contributed by atoms with Crippen LogP contribution < -0.4 is 4.90 Å². The molecular weight excluding hydrogens is 255 g/mol. The number of hydrogen-bond donors (Lipinski definition) is 1. The van der Waals surface area contributed by atoms with Gasteiger partial charge in [-0.2, -0.15) is 0 Å². The number of aliphatic hydroxyl groups is 1. The van der Waals surface area contributed by atoms with E-state index in [-0.39, 0.29) is 38.9 Å². The van der Waals surface area contributed by atoms with E-state index >= 15 is 0 Å². The Morgan fingerprint density at radius 3 is 2.29 bits per heavy atom. The van der Waals surface area contributed by atoms with Crippen LogP contribution in [0.3, 0.4) is 0 Å². The Morgan fingerprint density at radius 1 is 1.43 bits per heavy atom. The first kappa shape index (κ1) is 13.6. The van der Waals surface area contributed by atoms with Gasteiger partial charge in [0.25, 0.3) is 0 Å². The minimum absolute atomic E-state index is 0. The predicted molar refractivity (Wildman–Crippen MR) is 50.1 cm³/mol. The molecule has 1 rings (SSSR count). The molecule has 3 nitrogen and oxygen atoms in total. The van der Waals surface area contributed by atoms with Crippen molar-refractivity contribution >= 4 is 11.6 Å². The van der Waals surface area contributed by atoms with Gasteiger partial charge in [0.1, 0.15) is 0 Å². The SMILES string of the molecule is [CH2-]C(=O)N(c1ccccc1)[C-](C)O.[Y]. The Balaban J connectivity index is 0.00000169.